The molecule has 0 fully saturated rings. The van der Waals surface area contributed by atoms with Gasteiger partial charge in [-0.05, 0) is 21.9 Å². The monoisotopic (exact) mass is 358 g/mol. The summed E-state index contributed by atoms with van der Waals surface area (Å²) in [6.07, 6.45) is 0. The van der Waals surface area contributed by atoms with Gasteiger partial charge >= 0.3 is 17.8 Å². The molecule has 1 aromatic heterocycles. The van der Waals surface area contributed by atoms with E-state index in [-0.39, 0.29) is 11.9 Å². The van der Waals surface area contributed by atoms with Crippen LogP contribution in [-0.2, 0) is 13.1 Å². The van der Waals surface area contributed by atoms with Crippen molar-refractivity contribution in [1.82, 2.24) is 15.5 Å². The number of fused-ring (bicyclic) bond motifs is 1. The van der Waals surface area contributed by atoms with Crippen LogP contribution >= 0.6 is 0 Å². The highest BCUT2D eigenvalue weighted by Crippen LogP contribution is 2.18. The van der Waals surface area contributed by atoms with Crippen LogP contribution in [0.3, 0.4) is 0 Å². The number of rotatable bonds is 6. The van der Waals surface area contributed by atoms with Crippen LogP contribution in [0.4, 0.5) is 6.01 Å². The highest BCUT2D eigenvalue weighted by atomic mass is 16.4. The minimum Gasteiger partial charge on any atom is -0.399 e. The molecule has 6 nitrogen and oxygen atoms in total. The summed E-state index contributed by atoms with van der Waals surface area (Å²) in [4.78, 5) is 12.3. The van der Waals surface area contributed by atoms with Gasteiger partial charge in [0.25, 0.3) is 0 Å². The molecular weight excluding hydrogens is 340 g/mol. The van der Waals surface area contributed by atoms with E-state index >= 15 is 0 Å². The van der Waals surface area contributed by atoms with E-state index in [1.807, 2.05) is 72.8 Å². The maximum absolute atomic E-state index is 12.3. The molecule has 0 bridgehead atoms. The number of hydrogen-bond donors (Lipinski definition) is 2. The lowest BCUT2D eigenvalue weighted by Crippen LogP contribution is -2.23. The van der Waals surface area contributed by atoms with E-state index < -0.39 is 5.91 Å². The van der Waals surface area contributed by atoms with Gasteiger partial charge in [0.05, 0.1) is 0 Å². The number of anilines is 1. The molecule has 0 atom stereocenters. The normalized spacial score (nSPS) is 10.7. The first-order chi connectivity index (χ1) is 13.3. The van der Waals surface area contributed by atoms with Crippen LogP contribution in [0.25, 0.3) is 10.8 Å². The minimum atomic E-state index is -0.400. The number of nitrogens with zero attached hydrogens (tertiary/aromatic N) is 2. The number of amides is 1. The van der Waals surface area contributed by atoms with Crippen molar-refractivity contribution in [2.75, 3.05) is 5.32 Å². The van der Waals surface area contributed by atoms with E-state index in [2.05, 4.69) is 20.8 Å². The standard InChI is InChI=1S/C21H18N4O2/c26-19(22-14-17-11-6-10-16-9-4-5-12-18(16)17)20-24-25-21(27-20)23-13-15-7-2-1-3-8-15/h1-12H,13-14H2,(H,22,26)(H,23,25). The maximum Gasteiger partial charge on any atom is 0.316 e. The number of nitrogens with one attached hydrogen (secondary N) is 2. The molecule has 0 unspecified atom stereocenters. The third-order valence-electron chi connectivity index (χ3n) is 4.23. The number of carbonyl (C=O) groups excluding carboxylic acids is 1. The van der Waals surface area contributed by atoms with E-state index in [0.717, 1.165) is 21.9 Å². The summed E-state index contributed by atoms with van der Waals surface area (Å²) >= 11 is 0. The average Bonchev–Trinajstić information content (AvgIpc) is 3.20. The van der Waals surface area contributed by atoms with Gasteiger partial charge in [0.2, 0.25) is 0 Å². The second-order valence-electron chi connectivity index (χ2n) is 6.07. The first-order valence-electron chi connectivity index (χ1n) is 8.66. The SMILES string of the molecule is O=C(NCc1cccc2ccccc12)c1nnc(NCc2ccccc2)o1. The molecular formula is C21H18N4O2. The lowest BCUT2D eigenvalue weighted by molar-refractivity contribution is 0.0917. The van der Waals surface area contributed by atoms with Gasteiger partial charge < -0.3 is 15.1 Å². The van der Waals surface area contributed by atoms with E-state index in [1.165, 1.54) is 0 Å². The zero-order valence-corrected chi connectivity index (χ0v) is 14.6. The van der Waals surface area contributed by atoms with E-state index in [0.29, 0.717) is 13.1 Å². The Labute approximate surface area is 156 Å². The predicted octanol–water partition coefficient (Wildman–Crippen LogP) is 3.76. The predicted molar refractivity (Wildman–Crippen MR) is 103 cm³/mol. The fourth-order valence-corrected chi connectivity index (χ4v) is 2.86. The number of aromatic nitrogens is 2. The Bertz CT molecular complexity index is 1050. The lowest BCUT2D eigenvalue weighted by atomic mass is 10.0. The molecule has 6 heteroatoms. The summed E-state index contributed by atoms with van der Waals surface area (Å²) in [5, 5.41) is 15.8. The molecule has 4 rings (SSSR count). The van der Waals surface area contributed by atoms with Crippen LogP contribution in [0.2, 0.25) is 0 Å². The van der Waals surface area contributed by atoms with Gasteiger partial charge in [0.15, 0.2) is 0 Å². The molecule has 3 aromatic carbocycles. The largest absolute Gasteiger partial charge is 0.399 e. The van der Waals surface area contributed by atoms with Crippen molar-refractivity contribution in [3.05, 3.63) is 89.8 Å². The van der Waals surface area contributed by atoms with Crippen molar-refractivity contribution >= 4 is 22.7 Å². The third kappa shape index (κ3) is 3.95. The molecule has 0 saturated heterocycles. The maximum atomic E-state index is 12.3. The van der Waals surface area contributed by atoms with Gasteiger partial charge in [0.1, 0.15) is 0 Å². The molecule has 0 aliphatic rings. The Morgan fingerprint density at radius 3 is 2.52 bits per heavy atom. The van der Waals surface area contributed by atoms with Gasteiger partial charge in [-0.1, -0.05) is 77.9 Å². The molecule has 4 aromatic rings. The molecule has 0 aliphatic carbocycles. The lowest BCUT2D eigenvalue weighted by Gasteiger charge is -2.07. The molecule has 0 spiro atoms. The second kappa shape index (κ2) is 7.70. The highest BCUT2D eigenvalue weighted by Gasteiger charge is 2.14. The first-order valence-corrected chi connectivity index (χ1v) is 8.66. The van der Waals surface area contributed by atoms with E-state index in [9.17, 15) is 4.79 Å². The summed E-state index contributed by atoms with van der Waals surface area (Å²) in [6, 6.07) is 24.1. The summed E-state index contributed by atoms with van der Waals surface area (Å²) in [6.45, 7) is 0.926. The molecule has 0 aliphatic heterocycles. The smallest absolute Gasteiger partial charge is 0.316 e. The molecule has 0 saturated carbocycles. The summed E-state index contributed by atoms with van der Waals surface area (Å²) in [5.74, 6) is -0.464. The van der Waals surface area contributed by atoms with Crippen molar-refractivity contribution in [1.29, 1.82) is 0 Å². The Hall–Kier alpha value is -3.67. The van der Waals surface area contributed by atoms with Gasteiger partial charge in [-0.25, -0.2) is 0 Å². The first kappa shape index (κ1) is 16.8. The van der Waals surface area contributed by atoms with Crippen LogP contribution in [0.15, 0.2) is 77.2 Å². The van der Waals surface area contributed by atoms with Crippen molar-refractivity contribution in [2.24, 2.45) is 0 Å². The van der Waals surface area contributed by atoms with Crippen molar-refractivity contribution < 1.29 is 9.21 Å². The fraction of sp³-hybridized carbons (Fsp3) is 0.0952. The zero-order valence-electron chi connectivity index (χ0n) is 14.6. The fourth-order valence-electron chi connectivity index (χ4n) is 2.86. The zero-order chi connectivity index (χ0) is 18.5. The van der Waals surface area contributed by atoms with E-state index in [4.69, 9.17) is 4.42 Å². The minimum absolute atomic E-state index is 0.0641. The third-order valence-corrected chi connectivity index (χ3v) is 4.23. The van der Waals surface area contributed by atoms with Crippen LogP contribution in [0.1, 0.15) is 21.8 Å². The topological polar surface area (TPSA) is 80.0 Å². The molecule has 134 valence electrons. The quantitative estimate of drug-likeness (QED) is 0.548. The van der Waals surface area contributed by atoms with Crippen LogP contribution in [0, 0.1) is 0 Å². The summed E-state index contributed by atoms with van der Waals surface area (Å²) in [5.41, 5.74) is 2.11. The highest BCUT2D eigenvalue weighted by molar-refractivity contribution is 5.90. The van der Waals surface area contributed by atoms with Gasteiger partial charge in [-0.15, -0.1) is 5.10 Å². The van der Waals surface area contributed by atoms with Crippen molar-refractivity contribution in [2.45, 2.75) is 13.1 Å². The average molecular weight is 358 g/mol. The van der Waals surface area contributed by atoms with E-state index in [1.54, 1.807) is 0 Å². The number of hydrogen-bond acceptors (Lipinski definition) is 5. The van der Waals surface area contributed by atoms with Crippen molar-refractivity contribution in [3.8, 4) is 0 Å². The Balaban J connectivity index is 1.38. The van der Waals surface area contributed by atoms with Crippen LogP contribution in [0.5, 0.6) is 0 Å². The molecule has 1 amide bonds. The Kier molecular flexibility index (Phi) is 4.78. The van der Waals surface area contributed by atoms with Crippen LogP contribution < -0.4 is 10.6 Å². The van der Waals surface area contributed by atoms with Gasteiger partial charge in [0, 0.05) is 13.1 Å². The Morgan fingerprint density at radius 1 is 0.852 bits per heavy atom. The molecule has 1 heterocycles. The Morgan fingerprint density at radius 2 is 1.63 bits per heavy atom. The molecule has 2 N–H and O–H groups in total. The van der Waals surface area contributed by atoms with Crippen molar-refractivity contribution in [3.63, 3.8) is 0 Å². The van der Waals surface area contributed by atoms with Gasteiger partial charge in [-0.2, -0.15) is 0 Å². The number of carbonyl (C=O) groups is 1. The number of benzene rings is 3. The summed E-state index contributed by atoms with van der Waals surface area (Å²) in [7, 11) is 0. The summed E-state index contributed by atoms with van der Waals surface area (Å²) < 4.78 is 5.40. The second-order valence-corrected chi connectivity index (χ2v) is 6.07. The van der Waals surface area contributed by atoms with Gasteiger partial charge in [-0.3, -0.25) is 4.79 Å². The molecule has 0 radical (unpaired) electrons. The van der Waals surface area contributed by atoms with Crippen LogP contribution in [-0.4, -0.2) is 16.1 Å². The molecule has 27 heavy (non-hydrogen) atoms.